The molecule has 0 fully saturated rings. The van der Waals surface area contributed by atoms with Crippen LogP contribution in [0, 0.1) is 5.41 Å². The molecular formula is C18H18N2O2. The summed E-state index contributed by atoms with van der Waals surface area (Å²) in [4.78, 5) is 16.8. The zero-order valence-electron chi connectivity index (χ0n) is 12.9. The van der Waals surface area contributed by atoms with Crippen LogP contribution in [0.1, 0.15) is 31.1 Å². The molecule has 3 aromatic rings. The SMILES string of the molecule is CC(C)(C)C(=O)c1ccc2nc(-c3ccc(N)cc3)oc2c1. The lowest BCUT2D eigenvalue weighted by Crippen LogP contribution is -2.19. The summed E-state index contributed by atoms with van der Waals surface area (Å²) in [6.45, 7) is 5.71. The minimum Gasteiger partial charge on any atom is -0.436 e. The molecule has 2 aromatic carbocycles. The average Bonchev–Trinajstić information content (AvgIpc) is 2.89. The molecule has 1 aromatic heterocycles. The molecule has 0 spiro atoms. The van der Waals surface area contributed by atoms with Crippen LogP contribution in [-0.4, -0.2) is 10.8 Å². The average molecular weight is 294 g/mol. The number of nitrogens with two attached hydrogens (primary N) is 1. The first-order chi connectivity index (χ1) is 10.3. The van der Waals surface area contributed by atoms with E-state index in [4.69, 9.17) is 10.2 Å². The summed E-state index contributed by atoms with van der Waals surface area (Å²) in [5.41, 5.74) is 8.80. The number of rotatable bonds is 2. The Balaban J connectivity index is 2.04. The molecule has 0 aliphatic rings. The zero-order valence-corrected chi connectivity index (χ0v) is 12.9. The van der Waals surface area contributed by atoms with Crippen molar-refractivity contribution < 1.29 is 9.21 Å². The normalized spacial score (nSPS) is 11.8. The van der Waals surface area contributed by atoms with E-state index in [0.29, 0.717) is 22.7 Å². The highest BCUT2D eigenvalue weighted by atomic mass is 16.3. The number of carbonyl (C=O) groups is 1. The minimum absolute atomic E-state index is 0.0832. The second-order valence-electron chi connectivity index (χ2n) is 6.40. The number of fused-ring (bicyclic) bond motifs is 1. The molecule has 4 nitrogen and oxygen atoms in total. The second kappa shape index (κ2) is 4.98. The highest BCUT2D eigenvalue weighted by molar-refractivity contribution is 6.01. The van der Waals surface area contributed by atoms with Gasteiger partial charge in [0.25, 0.3) is 0 Å². The monoisotopic (exact) mass is 294 g/mol. The Hall–Kier alpha value is -2.62. The molecule has 22 heavy (non-hydrogen) atoms. The third-order valence-corrected chi connectivity index (χ3v) is 3.49. The number of nitrogen functional groups attached to an aromatic ring is 1. The van der Waals surface area contributed by atoms with Crippen molar-refractivity contribution >= 4 is 22.6 Å². The van der Waals surface area contributed by atoms with E-state index in [-0.39, 0.29) is 5.78 Å². The third kappa shape index (κ3) is 2.60. The van der Waals surface area contributed by atoms with Crippen molar-refractivity contribution in [3.05, 3.63) is 48.0 Å². The first-order valence-corrected chi connectivity index (χ1v) is 7.16. The number of anilines is 1. The molecule has 2 N–H and O–H groups in total. The number of hydrogen-bond donors (Lipinski definition) is 1. The van der Waals surface area contributed by atoms with Crippen LogP contribution in [0.2, 0.25) is 0 Å². The molecule has 0 atom stereocenters. The third-order valence-electron chi connectivity index (χ3n) is 3.49. The molecule has 0 saturated heterocycles. The number of ketones is 1. The second-order valence-corrected chi connectivity index (χ2v) is 6.40. The molecule has 1 heterocycles. The number of oxazole rings is 1. The maximum atomic E-state index is 12.3. The lowest BCUT2D eigenvalue weighted by molar-refractivity contribution is 0.0858. The molecule has 4 heteroatoms. The van der Waals surface area contributed by atoms with Gasteiger partial charge in [-0.1, -0.05) is 20.8 Å². The first-order valence-electron chi connectivity index (χ1n) is 7.16. The summed E-state index contributed by atoms with van der Waals surface area (Å²) in [5.74, 6) is 0.607. The quantitative estimate of drug-likeness (QED) is 0.565. The lowest BCUT2D eigenvalue weighted by Gasteiger charge is -2.16. The molecule has 0 aliphatic carbocycles. The van der Waals surface area contributed by atoms with Crippen molar-refractivity contribution in [1.82, 2.24) is 4.98 Å². The van der Waals surface area contributed by atoms with Gasteiger partial charge in [-0.05, 0) is 42.5 Å². The van der Waals surface area contributed by atoms with Crippen molar-refractivity contribution in [2.75, 3.05) is 5.73 Å². The Morgan fingerprint density at radius 1 is 1.09 bits per heavy atom. The number of benzene rings is 2. The molecule has 0 bridgehead atoms. The van der Waals surface area contributed by atoms with Gasteiger partial charge < -0.3 is 10.2 Å². The van der Waals surface area contributed by atoms with Gasteiger partial charge in [0.15, 0.2) is 11.4 Å². The van der Waals surface area contributed by atoms with Crippen LogP contribution in [0.15, 0.2) is 46.9 Å². The number of hydrogen-bond acceptors (Lipinski definition) is 4. The van der Waals surface area contributed by atoms with E-state index in [0.717, 1.165) is 11.1 Å². The van der Waals surface area contributed by atoms with E-state index < -0.39 is 5.41 Å². The van der Waals surface area contributed by atoms with Crippen molar-refractivity contribution in [2.45, 2.75) is 20.8 Å². The van der Waals surface area contributed by atoms with Crippen molar-refractivity contribution in [2.24, 2.45) is 5.41 Å². The summed E-state index contributed by atoms with van der Waals surface area (Å²) < 4.78 is 5.79. The van der Waals surface area contributed by atoms with Gasteiger partial charge in [0.2, 0.25) is 5.89 Å². The summed E-state index contributed by atoms with van der Waals surface area (Å²) in [7, 11) is 0. The van der Waals surface area contributed by atoms with Gasteiger partial charge in [0.1, 0.15) is 5.52 Å². The molecule has 0 saturated carbocycles. The summed E-state index contributed by atoms with van der Waals surface area (Å²) >= 11 is 0. The number of aromatic nitrogens is 1. The highest BCUT2D eigenvalue weighted by Gasteiger charge is 2.23. The lowest BCUT2D eigenvalue weighted by atomic mass is 9.86. The van der Waals surface area contributed by atoms with E-state index in [9.17, 15) is 4.79 Å². The fourth-order valence-corrected chi connectivity index (χ4v) is 2.25. The fourth-order valence-electron chi connectivity index (χ4n) is 2.25. The zero-order chi connectivity index (χ0) is 15.9. The smallest absolute Gasteiger partial charge is 0.227 e. The van der Waals surface area contributed by atoms with Crippen LogP contribution in [0.25, 0.3) is 22.6 Å². The largest absolute Gasteiger partial charge is 0.436 e. The topological polar surface area (TPSA) is 69.1 Å². The Morgan fingerprint density at radius 2 is 1.77 bits per heavy atom. The Kier molecular flexibility index (Phi) is 3.24. The predicted octanol–water partition coefficient (Wildman–Crippen LogP) is 4.31. The maximum absolute atomic E-state index is 12.3. The number of carbonyl (C=O) groups excluding carboxylic acids is 1. The number of nitrogens with zero attached hydrogens (tertiary/aromatic N) is 1. The Bertz CT molecular complexity index is 840. The van der Waals surface area contributed by atoms with Gasteiger partial charge >= 0.3 is 0 Å². The Labute approximate surface area is 129 Å². The van der Waals surface area contributed by atoms with E-state index >= 15 is 0 Å². The first kappa shape index (κ1) is 14.3. The molecule has 112 valence electrons. The van der Waals surface area contributed by atoms with E-state index in [1.165, 1.54) is 0 Å². The Morgan fingerprint density at radius 3 is 2.41 bits per heavy atom. The summed E-state index contributed by atoms with van der Waals surface area (Å²) in [6, 6.07) is 12.7. The van der Waals surface area contributed by atoms with Crippen LogP contribution >= 0.6 is 0 Å². The standard InChI is InChI=1S/C18H18N2O2/c1-18(2,3)16(21)12-6-9-14-15(10-12)22-17(20-14)11-4-7-13(19)8-5-11/h4-10H,19H2,1-3H3. The molecule has 3 rings (SSSR count). The van der Waals surface area contributed by atoms with Crippen LogP contribution in [-0.2, 0) is 0 Å². The summed E-state index contributed by atoms with van der Waals surface area (Å²) in [6.07, 6.45) is 0. The van der Waals surface area contributed by atoms with Gasteiger partial charge in [-0.3, -0.25) is 4.79 Å². The van der Waals surface area contributed by atoms with Crippen LogP contribution < -0.4 is 5.73 Å². The van der Waals surface area contributed by atoms with Gasteiger partial charge in [-0.15, -0.1) is 0 Å². The predicted molar refractivity (Wildman–Crippen MR) is 87.6 cm³/mol. The van der Waals surface area contributed by atoms with Crippen LogP contribution in [0.4, 0.5) is 5.69 Å². The van der Waals surface area contributed by atoms with E-state index in [1.807, 2.05) is 39.0 Å². The molecule has 0 radical (unpaired) electrons. The van der Waals surface area contributed by atoms with Crippen molar-refractivity contribution in [1.29, 1.82) is 0 Å². The van der Waals surface area contributed by atoms with Gasteiger partial charge in [-0.25, -0.2) is 4.98 Å². The molecule has 0 amide bonds. The molecular weight excluding hydrogens is 276 g/mol. The summed E-state index contributed by atoms with van der Waals surface area (Å²) in [5, 5.41) is 0. The fraction of sp³-hybridized carbons (Fsp3) is 0.222. The maximum Gasteiger partial charge on any atom is 0.227 e. The minimum atomic E-state index is -0.423. The van der Waals surface area contributed by atoms with Gasteiger partial charge in [0, 0.05) is 22.2 Å². The van der Waals surface area contributed by atoms with Crippen LogP contribution in [0.5, 0.6) is 0 Å². The van der Waals surface area contributed by atoms with E-state index in [1.54, 1.807) is 24.3 Å². The molecule has 0 aliphatic heterocycles. The van der Waals surface area contributed by atoms with Gasteiger partial charge in [0.05, 0.1) is 0 Å². The van der Waals surface area contributed by atoms with Crippen LogP contribution in [0.3, 0.4) is 0 Å². The van der Waals surface area contributed by atoms with Crippen molar-refractivity contribution in [3.8, 4) is 11.5 Å². The van der Waals surface area contributed by atoms with E-state index in [2.05, 4.69) is 4.98 Å². The van der Waals surface area contributed by atoms with Crippen molar-refractivity contribution in [3.63, 3.8) is 0 Å². The number of Topliss-reactive ketones (excluding diaryl/α,β-unsaturated/α-hetero) is 1. The highest BCUT2D eigenvalue weighted by Crippen LogP contribution is 2.28. The molecule has 0 unspecified atom stereocenters. The van der Waals surface area contributed by atoms with Gasteiger partial charge in [-0.2, -0.15) is 0 Å².